The second-order valence-electron chi connectivity index (χ2n) is 6.11. The molecule has 0 atom stereocenters. The molecule has 3 rings (SSSR count). The molecule has 0 bridgehead atoms. The molecule has 0 radical (unpaired) electrons. The number of rotatable bonds is 7. The maximum Gasteiger partial charge on any atom is 0.316 e. The predicted molar refractivity (Wildman–Crippen MR) is 106 cm³/mol. The van der Waals surface area contributed by atoms with Gasteiger partial charge in [0.05, 0.1) is 23.3 Å². The number of hydrogen-bond acceptors (Lipinski definition) is 6. The van der Waals surface area contributed by atoms with Crippen molar-refractivity contribution >= 4 is 28.6 Å². The number of unbranched alkanes of at least 4 members (excludes halogenated alkanes) is 1. The van der Waals surface area contributed by atoms with Crippen LogP contribution in [0.1, 0.15) is 25.3 Å². The van der Waals surface area contributed by atoms with E-state index in [1.807, 2.05) is 32.0 Å². The predicted octanol–water partition coefficient (Wildman–Crippen LogP) is 3.52. The fourth-order valence-electron chi connectivity index (χ4n) is 2.55. The molecule has 3 aromatic rings. The van der Waals surface area contributed by atoms with Gasteiger partial charge in [-0.3, -0.25) is 9.59 Å². The Bertz CT molecular complexity index is 1020. The summed E-state index contributed by atoms with van der Waals surface area (Å²) in [5.74, 6) is 0.250. The van der Waals surface area contributed by atoms with E-state index >= 15 is 0 Å². The number of benzene rings is 1. The first-order valence-electron chi connectivity index (χ1n) is 8.83. The van der Waals surface area contributed by atoms with E-state index in [4.69, 9.17) is 4.74 Å². The van der Waals surface area contributed by atoms with E-state index in [1.165, 1.54) is 16.3 Å². The number of carbonyl (C=O) groups is 1. The van der Waals surface area contributed by atoms with Gasteiger partial charge < -0.3 is 4.74 Å². The van der Waals surface area contributed by atoms with Crippen molar-refractivity contribution < 1.29 is 9.53 Å². The molecule has 27 heavy (non-hydrogen) atoms. The van der Waals surface area contributed by atoms with E-state index in [2.05, 4.69) is 9.97 Å². The van der Waals surface area contributed by atoms with Crippen molar-refractivity contribution in [3.05, 3.63) is 58.5 Å². The summed E-state index contributed by atoms with van der Waals surface area (Å²) in [6, 6.07) is 10.8. The molecule has 2 aromatic heterocycles. The maximum atomic E-state index is 13.1. The number of nitrogens with zero attached hydrogens (tertiary/aromatic N) is 3. The summed E-state index contributed by atoms with van der Waals surface area (Å²) in [5.41, 5.74) is 1.36. The number of carbonyl (C=O) groups excluding carboxylic acids is 1. The minimum absolute atomic E-state index is 0.0836. The zero-order chi connectivity index (χ0) is 19.2. The van der Waals surface area contributed by atoms with Crippen LogP contribution < -0.4 is 5.56 Å². The average Bonchev–Trinajstić information content (AvgIpc) is 2.66. The molecular weight excluding hydrogens is 362 g/mol. The van der Waals surface area contributed by atoms with Gasteiger partial charge in [-0.1, -0.05) is 37.2 Å². The van der Waals surface area contributed by atoms with Crippen LogP contribution >= 0.6 is 11.8 Å². The monoisotopic (exact) mass is 383 g/mol. The lowest BCUT2D eigenvalue weighted by Gasteiger charge is -2.12. The van der Waals surface area contributed by atoms with E-state index in [9.17, 15) is 9.59 Å². The smallest absolute Gasteiger partial charge is 0.316 e. The number of aryl methyl sites for hydroxylation is 1. The third-order valence-corrected chi connectivity index (χ3v) is 4.87. The average molecular weight is 383 g/mol. The lowest BCUT2D eigenvalue weighted by atomic mass is 10.2. The molecule has 140 valence electrons. The fraction of sp³-hybridized carbons (Fsp3) is 0.300. The molecule has 0 unspecified atom stereocenters. The molecule has 0 aliphatic heterocycles. The molecule has 0 fully saturated rings. The highest BCUT2D eigenvalue weighted by molar-refractivity contribution is 7.99. The van der Waals surface area contributed by atoms with Gasteiger partial charge in [0.15, 0.2) is 5.16 Å². The highest BCUT2D eigenvalue weighted by Crippen LogP contribution is 2.21. The van der Waals surface area contributed by atoms with Crippen molar-refractivity contribution in [1.82, 2.24) is 14.5 Å². The summed E-state index contributed by atoms with van der Waals surface area (Å²) in [5, 5.41) is 0.930. The molecule has 0 N–H and O–H groups in total. The summed E-state index contributed by atoms with van der Waals surface area (Å²) in [6.45, 7) is 4.38. The van der Waals surface area contributed by atoms with E-state index < -0.39 is 0 Å². The maximum absolute atomic E-state index is 13.1. The van der Waals surface area contributed by atoms with Gasteiger partial charge in [0.2, 0.25) is 0 Å². The number of esters is 1. The highest BCUT2D eigenvalue weighted by Gasteiger charge is 2.16. The molecule has 2 heterocycles. The van der Waals surface area contributed by atoms with Crippen molar-refractivity contribution in [3.63, 3.8) is 0 Å². The number of ether oxygens (including phenoxy) is 1. The first-order valence-corrected chi connectivity index (χ1v) is 9.82. The second-order valence-corrected chi connectivity index (χ2v) is 7.05. The van der Waals surface area contributed by atoms with Crippen LogP contribution in [0.4, 0.5) is 0 Å². The van der Waals surface area contributed by atoms with Gasteiger partial charge in [0.25, 0.3) is 5.56 Å². The van der Waals surface area contributed by atoms with Crippen molar-refractivity contribution in [1.29, 1.82) is 0 Å². The first-order chi connectivity index (χ1) is 13.1. The van der Waals surface area contributed by atoms with Gasteiger partial charge in [-0.15, -0.1) is 0 Å². The minimum Gasteiger partial charge on any atom is -0.465 e. The molecule has 0 aliphatic rings. The van der Waals surface area contributed by atoms with E-state index in [-0.39, 0.29) is 17.3 Å². The minimum atomic E-state index is -0.320. The number of para-hydroxylation sites is 1. The van der Waals surface area contributed by atoms with Crippen LogP contribution in [0.3, 0.4) is 0 Å². The van der Waals surface area contributed by atoms with Crippen LogP contribution in [-0.2, 0) is 9.53 Å². The van der Waals surface area contributed by atoms with Crippen LogP contribution in [0.5, 0.6) is 0 Å². The van der Waals surface area contributed by atoms with Gasteiger partial charge in [-0.25, -0.2) is 14.5 Å². The second kappa shape index (κ2) is 8.81. The van der Waals surface area contributed by atoms with Gasteiger partial charge in [-0.05, 0) is 43.2 Å². The Labute approximate surface area is 161 Å². The quantitative estimate of drug-likeness (QED) is 0.269. The normalized spacial score (nSPS) is 10.9. The largest absolute Gasteiger partial charge is 0.465 e. The molecule has 0 saturated carbocycles. The molecule has 6 nitrogen and oxygen atoms in total. The van der Waals surface area contributed by atoms with Crippen LogP contribution in [0.25, 0.3) is 16.7 Å². The highest BCUT2D eigenvalue weighted by atomic mass is 32.2. The van der Waals surface area contributed by atoms with Crippen molar-refractivity contribution in [2.75, 3.05) is 12.4 Å². The molecule has 7 heteroatoms. The standard InChI is InChI=1S/C20H21N3O3S/c1-3-4-11-26-18(24)13-27-20-22-16-8-6-5-7-15(16)19(25)23(20)17-12-14(2)9-10-21-17/h5-10,12H,3-4,11,13H2,1-2H3. The van der Waals surface area contributed by atoms with Gasteiger partial charge in [-0.2, -0.15) is 0 Å². The molecule has 0 aliphatic carbocycles. The first kappa shape index (κ1) is 19.1. The Morgan fingerprint density at radius 3 is 2.85 bits per heavy atom. The van der Waals surface area contributed by atoms with Crippen LogP contribution in [-0.4, -0.2) is 32.9 Å². The molecule has 1 aromatic carbocycles. The van der Waals surface area contributed by atoms with Crippen LogP contribution in [0.15, 0.2) is 52.5 Å². The van der Waals surface area contributed by atoms with Crippen LogP contribution in [0, 0.1) is 6.92 Å². The zero-order valence-corrected chi connectivity index (χ0v) is 16.2. The number of thioether (sulfide) groups is 1. The Hall–Kier alpha value is -2.67. The van der Waals surface area contributed by atoms with Crippen molar-refractivity contribution in [3.8, 4) is 5.82 Å². The third-order valence-electron chi connectivity index (χ3n) is 3.96. The van der Waals surface area contributed by atoms with Crippen LogP contribution in [0.2, 0.25) is 0 Å². The Balaban J connectivity index is 1.98. The van der Waals surface area contributed by atoms with Crippen molar-refractivity contribution in [2.24, 2.45) is 0 Å². The summed E-state index contributed by atoms with van der Waals surface area (Å²) in [6.07, 6.45) is 3.45. The lowest BCUT2D eigenvalue weighted by Crippen LogP contribution is -2.23. The summed E-state index contributed by atoms with van der Waals surface area (Å²) in [7, 11) is 0. The topological polar surface area (TPSA) is 74.1 Å². The zero-order valence-electron chi connectivity index (χ0n) is 15.3. The van der Waals surface area contributed by atoms with E-state index in [1.54, 1.807) is 24.4 Å². The van der Waals surface area contributed by atoms with Gasteiger partial charge in [0, 0.05) is 6.20 Å². The summed E-state index contributed by atoms with van der Waals surface area (Å²) < 4.78 is 6.65. The van der Waals surface area contributed by atoms with E-state index in [0.717, 1.165) is 18.4 Å². The Morgan fingerprint density at radius 1 is 1.26 bits per heavy atom. The lowest BCUT2D eigenvalue weighted by molar-refractivity contribution is -0.140. The molecule has 0 saturated heterocycles. The number of fused-ring (bicyclic) bond motifs is 1. The van der Waals surface area contributed by atoms with Gasteiger partial charge >= 0.3 is 5.97 Å². The summed E-state index contributed by atoms with van der Waals surface area (Å²) in [4.78, 5) is 33.9. The fourth-order valence-corrected chi connectivity index (χ4v) is 3.35. The van der Waals surface area contributed by atoms with Gasteiger partial charge in [0.1, 0.15) is 5.82 Å². The Kier molecular flexibility index (Phi) is 6.24. The Morgan fingerprint density at radius 2 is 2.07 bits per heavy atom. The summed E-state index contributed by atoms with van der Waals surface area (Å²) >= 11 is 1.18. The van der Waals surface area contributed by atoms with E-state index in [0.29, 0.717) is 28.5 Å². The number of aromatic nitrogens is 3. The third kappa shape index (κ3) is 4.54. The molecule has 0 amide bonds. The van der Waals surface area contributed by atoms with Crippen molar-refractivity contribution in [2.45, 2.75) is 31.8 Å². The number of pyridine rings is 1. The molecule has 0 spiro atoms. The molecular formula is C20H21N3O3S. The SMILES string of the molecule is CCCCOC(=O)CSc1nc2ccccc2c(=O)n1-c1cc(C)ccn1. The number of hydrogen-bond donors (Lipinski definition) is 0.